The molecule has 1 atom stereocenters. The summed E-state index contributed by atoms with van der Waals surface area (Å²) in [6.07, 6.45) is 2.80. The van der Waals surface area contributed by atoms with E-state index >= 15 is 0 Å². The number of benzene rings is 1. The van der Waals surface area contributed by atoms with Crippen molar-refractivity contribution in [2.45, 2.75) is 13.0 Å². The van der Waals surface area contributed by atoms with Gasteiger partial charge in [0.1, 0.15) is 11.6 Å². The SMILES string of the molecule is C[C@H](Oc1ccc(F)cc1)C(=O)N1CCN(c2ncccn2)CC1. The maximum absolute atomic E-state index is 12.9. The van der Waals surface area contributed by atoms with Crippen LogP contribution in [0.1, 0.15) is 6.92 Å². The molecule has 126 valence electrons. The Kier molecular flexibility index (Phi) is 4.88. The van der Waals surface area contributed by atoms with Crippen LogP contribution >= 0.6 is 0 Å². The Morgan fingerprint density at radius 2 is 1.75 bits per heavy atom. The van der Waals surface area contributed by atoms with Crippen molar-refractivity contribution in [2.24, 2.45) is 0 Å². The summed E-state index contributed by atoms with van der Waals surface area (Å²) in [6.45, 7) is 4.25. The topological polar surface area (TPSA) is 58.6 Å². The third-order valence-corrected chi connectivity index (χ3v) is 3.90. The van der Waals surface area contributed by atoms with Gasteiger partial charge in [-0.2, -0.15) is 0 Å². The average Bonchev–Trinajstić information content (AvgIpc) is 2.64. The zero-order valence-electron chi connectivity index (χ0n) is 13.4. The minimum Gasteiger partial charge on any atom is -0.481 e. The van der Waals surface area contributed by atoms with Crippen LogP contribution < -0.4 is 9.64 Å². The molecule has 1 aliphatic heterocycles. The van der Waals surface area contributed by atoms with Crippen LogP contribution in [-0.2, 0) is 4.79 Å². The van der Waals surface area contributed by atoms with Crippen LogP contribution in [0.5, 0.6) is 5.75 Å². The van der Waals surface area contributed by atoms with Gasteiger partial charge in [-0.3, -0.25) is 4.79 Å². The van der Waals surface area contributed by atoms with Crippen molar-refractivity contribution in [2.75, 3.05) is 31.1 Å². The van der Waals surface area contributed by atoms with Gasteiger partial charge in [-0.1, -0.05) is 0 Å². The first-order chi connectivity index (χ1) is 11.6. The molecule has 2 aromatic rings. The maximum atomic E-state index is 12.9. The van der Waals surface area contributed by atoms with Crippen LogP contribution in [0.2, 0.25) is 0 Å². The average molecular weight is 330 g/mol. The quantitative estimate of drug-likeness (QED) is 0.854. The highest BCUT2D eigenvalue weighted by Crippen LogP contribution is 2.15. The lowest BCUT2D eigenvalue weighted by Gasteiger charge is -2.35. The highest BCUT2D eigenvalue weighted by molar-refractivity contribution is 5.81. The molecule has 1 aliphatic rings. The smallest absolute Gasteiger partial charge is 0.263 e. The molecule has 1 amide bonds. The van der Waals surface area contributed by atoms with Crippen molar-refractivity contribution in [3.05, 3.63) is 48.5 Å². The number of aromatic nitrogens is 2. The molecule has 24 heavy (non-hydrogen) atoms. The molecule has 0 saturated carbocycles. The van der Waals surface area contributed by atoms with E-state index in [9.17, 15) is 9.18 Å². The van der Waals surface area contributed by atoms with E-state index in [2.05, 4.69) is 14.9 Å². The fraction of sp³-hybridized carbons (Fsp3) is 0.353. The third-order valence-electron chi connectivity index (χ3n) is 3.90. The number of halogens is 1. The Morgan fingerprint density at radius 1 is 1.12 bits per heavy atom. The second-order valence-electron chi connectivity index (χ2n) is 5.58. The van der Waals surface area contributed by atoms with Gasteiger partial charge in [0, 0.05) is 38.6 Å². The summed E-state index contributed by atoms with van der Waals surface area (Å²) >= 11 is 0. The molecule has 1 fully saturated rings. The van der Waals surface area contributed by atoms with E-state index in [1.165, 1.54) is 24.3 Å². The minimum atomic E-state index is -0.616. The van der Waals surface area contributed by atoms with E-state index in [0.29, 0.717) is 37.9 Å². The Hall–Kier alpha value is -2.70. The van der Waals surface area contributed by atoms with Gasteiger partial charge in [0.15, 0.2) is 6.10 Å². The molecule has 0 unspecified atom stereocenters. The van der Waals surface area contributed by atoms with E-state index in [0.717, 1.165) is 0 Å². The van der Waals surface area contributed by atoms with E-state index < -0.39 is 6.10 Å². The first-order valence-electron chi connectivity index (χ1n) is 7.86. The molecule has 0 radical (unpaired) electrons. The van der Waals surface area contributed by atoms with Gasteiger partial charge >= 0.3 is 0 Å². The number of anilines is 1. The summed E-state index contributed by atoms with van der Waals surface area (Å²) in [5, 5.41) is 0. The van der Waals surface area contributed by atoms with Gasteiger partial charge in [0.05, 0.1) is 0 Å². The fourth-order valence-electron chi connectivity index (χ4n) is 2.61. The first kappa shape index (κ1) is 16.2. The third kappa shape index (κ3) is 3.79. The monoisotopic (exact) mass is 330 g/mol. The molecule has 3 rings (SSSR count). The molecule has 0 bridgehead atoms. The van der Waals surface area contributed by atoms with Gasteiger partial charge in [0.2, 0.25) is 5.95 Å². The van der Waals surface area contributed by atoms with Crippen molar-refractivity contribution in [3.63, 3.8) is 0 Å². The van der Waals surface area contributed by atoms with E-state index in [1.807, 2.05) is 0 Å². The Balaban J connectivity index is 1.53. The molecule has 7 heteroatoms. The number of carbonyl (C=O) groups excluding carboxylic acids is 1. The van der Waals surface area contributed by atoms with Gasteiger partial charge in [-0.25, -0.2) is 14.4 Å². The summed E-state index contributed by atoms with van der Waals surface area (Å²) in [7, 11) is 0. The van der Waals surface area contributed by atoms with E-state index in [-0.39, 0.29) is 11.7 Å². The largest absolute Gasteiger partial charge is 0.481 e. The lowest BCUT2D eigenvalue weighted by atomic mass is 10.2. The van der Waals surface area contributed by atoms with Crippen LogP contribution in [0.15, 0.2) is 42.7 Å². The predicted molar refractivity (Wildman–Crippen MR) is 87.3 cm³/mol. The number of hydrogen-bond donors (Lipinski definition) is 0. The van der Waals surface area contributed by atoms with Gasteiger partial charge in [-0.15, -0.1) is 0 Å². The summed E-state index contributed by atoms with van der Waals surface area (Å²) < 4.78 is 18.5. The van der Waals surface area contributed by atoms with E-state index in [1.54, 1.807) is 30.3 Å². The number of ether oxygens (including phenoxy) is 1. The van der Waals surface area contributed by atoms with Crippen LogP contribution in [-0.4, -0.2) is 53.1 Å². The fourth-order valence-corrected chi connectivity index (χ4v) is 2.61. The number of piperazine rings is 1. The number of nitrogens with zero attached hydrogens (tertiary/aromatic N) is 4. The molecule has 2 heterocycles. The molecule has 1 aromatic carbocycles. The van der Waals surface area contributed by atoms with Gasteiger partial charge in [-0.05, 0) is 37.3 Å². The second-order valence-corrected chi connectivity index (χ2v) is 5.58. The molecule has 1 aromatic heterocycles. The molecule has 0 aliphatic carbocycles. The zero-order chi connectivity index (χ0) is 16.9. The van der Waals surface area contributed by atoms with Gasteiger partial charge < -0.3 is 14.5 Å². The summed E-state index contributed by atoms with van der Waals surface area (Å²) in [5.74, 6) is 0.752. The molecule has 6 nitrogen and oxygen atoms in total. The minimum absolute atomic E-state index is 0.0760. The highest BCUT2D eigenvalue weighted by atomic mass is 19.1. The predicted octanol–water partition coefficient (Wildman–Crippen LogP) is 1.73. The summed E-state index contributed by atoms with van der Waals surface area (Å²) in [6, 6.07) is 7.43. The van der Waals surface area contributed by atoms with Crippen molar-refractivity contribution in [3.8, 4) is 5.75 Å². The van der Waals surface area contributed by atoms with Crippen LogP contribution in [0, 0.1) is 5.82 Å². The van der Waals surface area contributed by atoms with Crippen molar-refractivity contribution in [1.29, 1.82) is 0 Å². The summed E-state index contributed by atoms with van der Waals surface area (Å²) in [5.41, 5.74) is 0. The Morgan fingerprint density at radius 3 is 2.38 bits per heavy atom. The molecule has 1 saturated heterocycles. The molecular formula is C17H19FN4O2. The first-order valence-corrected chi connectivity index (χ1v) is 7.86. The standard InChI is InChI=1S/C17H19FN4O2/c1-13(24-15-5-3-14(18)4-6-15)16(23)21-9-11-22(12-10-21)17-19-7-2-8-20-17/h2-8,13H,9-12H2,1H3/t13-/m0/s1. The Labute approximate surface area is 139 Å². The normalized spacial score (nSPS) is 15.9. The van der Waals surface area contributed by atoms with Crippen LogP contribution in [0.3, 0.4) is 0 Å². The zero-order valence-corrected chi connectivity index (χ0v) is 13.4. The van der Waals surface area contributed by atoms with Crippen LogP contribution in [0.25, 0.3) is 0 Å². The number of rotatable bonds is 4. The maximum Gasteiger partial charge on any atom is 0.263 e. The van der Waals surface area contributed by atoms with Crippen molar-refractivity contribution < 1.29 is 13.9 Å². The number of amides is 1. The highest BCUT2D eigenvalue weighted by Gasteiger charge is 2.26. The number of hydrogen-bond acceptors (Lipinski definition) is 5. The second kappa shape index (κ2) is 7.25. The van der Waals surface area contributed by atoms with Crippen molar-refractivity contribution in [1.82, 2.24) is 14.9 Å². The summed E-state index contributed by atoms with van der Waals surface area (Å²) in [4.78, 5) is 24.8. The number of carbonyl (C=O) groups is 1. The lowest BCUT2D eigenvalue weighted by Crippen LogP contribution is -2.52. The Bertz CT molecular complexity index is 673. The molecule has 0 spiro atoms. The molecule has 0 N–H and O–H groups in total. The van der Waals surface area contributed by atoms with Gasteiger partial charge in [0.25, 0.3) is 5.91 Å². The lowest BCUT2D eigenvalue weighted by molar-refractivity contribution is -0.138. The van der Waals surface area contributed by atoms with Crippen LogP contribution in [0.4, 0.5) is 10.3 Å². The van der Waals surface area contributed by atoms with Crippen molar-refractivity contribution >= 4 is 11.9 Å². The molecular weight excluding hydrogens is 311 g/mol. The van der Waals surface area contributed by atoms with E-state index in [4.69, 9.17) is 4.74 Å².